The fraction of sp³-hybridized carbons (Fsp3) is 0.800. The van der Waals surface area contributed by atoms with E-state index in [0.717, 1.165) is 0 Å². The summed E-state index contributed by atoms with van der Waals surface area (Å²) in [5, 5.41) is 20.6. The van der Waals surface area contributed by atoms with Crippen molar-refractivity contribution in [2.75, 3.05) is 6.61 Å². The van der Waals surface area contributed by atoms with Crippen LogP contribution in [0.2, 0.25) is 0 Å². The first-order valence-corrected chi connectivity index (χ1v) is 5.30. The first kappa shape index (κ1) is 12.9. The Morgan fingerprint density at radius 1 is 1.75 bits per heavy atom. The normalized spacial score (nSPS) is 31.7. The number of hydrogen-bond donors (Lipinski definition) is 3. The minimum Gasteiger partial charge on any atom is -0.480 e. The maximum absolute atomic E-state index is 10.8. The van der Waals surface area contributed by atoms with E-state index in [1.807, 2.05) is 0 Å². The Labute approximate surface area is 94.4 Å². The van der Waals surface area contributed by atoms with Gasteiger partial charge in [-0.25, -0.2) is 0 Å². The number of piperidine rings is 1. The van der Waals surface area contributed by atoms with Crippen LogP contribution in [0.3, 0.4) is 0 Å². The van der Waals surface area contributed by atoms with E-state index in [4.69, 9.17) is 20.8 Å². The minimum absolute atomic E-state index is 0.133. The van der Waals surface area contributed by atoms with Crippen molar-refractivity contribution in [1.29, 1.82) is 5.26 Å². The molecule has 1 fully saturated rings. The zero-order valence-corrected chi connectivity index (χ0v) is 9.22. The smallest absolute Gasteiger partial charge is 0.320 e. The highest BCUT2D eigenvalue weighted by molar-refractivity contribution is 5.73. The summed E-state index contributed by atoms with van der Waals surface area (Å²) in [6, 6.07) is 1.35. The van der Waals surface area contributed by atoms with Gasteiger partial charge in [-0.1, -0.05) is 0 Å². The molecule has 1 rings (SSSR count). The molecule has 4 N–H and O–H groups in total. The van der Waals surface area contributed by atoms with Gasteiger partial charge in [0.15, 0.2) is 0 Å². The van der Waals surface area contributed by atoms with Gasteiger partial charge in [0.25, 0.3) is 0 Å². The summed E-state index contributed by atoms with van der Waals surface area (Å²) in [6.45, 7) is 2.10. The second kappa shape index (κ2) is 5.80. The van der Waals surface area contributed by atoms with E-state index in [1.165, 1.54) is 0 Å². The third-order valence-corrected chi connectivity index (χ3v) is 2.50. The van der Waals surface area contributed by atoms with Crippen LogP contribution < -0.4 is 11.1 Å². The molecule has 0 saturated carbocycles. The molecule has 90 valence electrons. The fourth-order valence-corrected chi connectivity index (χ4v) is 1.64. The summed E-state index contributed by atoms with van der Waals surface area (Å²) in [7, 11) is 0. The van der Waals surface area contributed by atoms with E-state index in [-0.39, 0.29) is 12.0 Å². The van der Waals surface area contributed by atoms with Gasteiger partial charge in [0.05, 0.1) is 18.6 Å². The summed E-state index contributed by atoms with van der Waals surface area (Å²) in [5.74, 6) is -1.22. The maximum Gasteiger partial charge on any atom is 0.320 e. The van der Waals surface area contributed by atoms with Gasteiger partial charge in [-0.3, -0.25) is 10.1 Å². The van der Waals surface area contributed by atoms with Crippen molar-refractivity contribution >= 4 is 5.97 Å². The number of rotatable bonds is 4. The number of carboxylic acids is 1. The van der Waals surface area contributed by atoms with Crippen molar-refractivity contribution in [1.82, 2.24) is 5.32 Å². The SMILES string of the molecule is CC(N)COC1NC(C(=O)O)CCC1C#N. The van der Waals surface area contributed by atoms with E-state index in [9.17, 15) is 4.79 Å². The molecule has 16 heavy (non-hydrogen) atoms. The van der Waals surface area contributed by atoms with Gasteiger partial charge in [-0.15, -0.1) is 0 Å². The quantitative estimate of drug-likeness (QED) is 0.606. The predicted octanol–water partition coefficient (Wildman–Crippen LogP) is -0.347. The van der Waals surface area contributed by atoms with Crippen LogP contribution in [-0.2, 0) is 9.53 Å². The van der Waals surface area contributed by atoms with Crippen molar-refractivity contribution in [2.45, 2.75) is 38.1 Å². The Kier molecular flexibility index (Phi) is 4.68. The van der Waals surface area contributed by atoms with E-state index in [2.05, 4.69) is 11.4 Å². The lowest BCUT2D eigenvalue weighted by Gasteiger charge is -2.32. The van der Waals surface area contributed by atoms with Gasteiger partial charge in [0, 0.05) is 6.04 Å². The average Bonchev–Trinajstić information content (AvgIpc) is 2.25. The lowest BCUT2D eigenvalue weighted by atomic mass is 9.94. The lowest BCUT2D eigenvalue weighted by molar-refractivity contribution is -0.143. The van der Waals surface area contributed by atoms with E-state index in [1.54, 1.807) is 6.92 Å². The van der Waals surface area contributed by atoms with Crippen molar-refractivity contribution in [3.05, 3.63) is 0 Å². The molecule has 0 aliphatic carbocycles. The van der Waals surface area contributed by atoms with Crippen molar-refractivity contribution < 1.29 is 14.6 Å². The highest BCUT2D eigenvalue weighted by Crippen LogP contribution is 2.20. The summed E-state index contributed by atoms with van der Waals surface area (Å²) in [4.78, 5) is 10.8. The largest absolute Gasteiger partial charge is 0.480 e. The number of carboxylic acid groups (broad SMARTS) is 1. The van der Waals surface area contributed by atoms with Gasteiger partial charge >= 0.3 is 5.97 Å². The molecule has 1 saturated heterocycles. The first-order chi connectivity index (χ1) is 7.54. The summed E-state index contributed by atoms with van der Waals surface area (Å²) in [5.41, 5.74) is 5.54. The zero-order valence-electron chi connectivity index (χ0n) is 9.22. The van der Waals surface area contributed by atoms with Crippen molar-refractivity contribution in [2.24, 2.45) is 11.7 Å². The van der Waals surface area contributed by atoms with Crippen LogP contribution in [0, 0.1) is 17.2 Å². The van der Waals surface area contributed by atoms with Crippen molar-refractivity contribution in [3.63, 3.8) is 0 Å². The van der Waals surface area contributed by atoms with Crippen LogP contribution in [0.1, 0.15) is 19.8 Å². The molecular formula is C10H17N3O3. The Morgan fingerprint density at radius 2 is 2.44 bits per heavy atom. The van der Waals surface area contributed by atoms with E-state index in [0.29, 0.717) is 19.4 Å². The summed E-state index contributed by atoms with van der Waals surface area (Å²) < 4.78 is 5.41. The molecule has 1 heterocycles. The Hall–Kier alpha value is -1.16. The first-order valence-electron chi connectivity index (χ1n) is 5.30. The van der Waals surface area contributed by atoms with E-state index >= 15 is 0 Å². The molecule has 0 amide bonds. The Bertz CT molecular complexity index is 288. The number of hydrogen-bond acceptors (Lipinski definition) is 5. The third-order valence-electron chi connectivity index (χ3n) is 2.50. The van der Waals surface area contributed by atoms with Gasteiger partial charge in [-0.2, -0.15) is 5.26 Å². The number of nitriles is 1. The Morgan fingerprint density at radius 3 is 2.94 bits per heavy atom. The maximum atomic E-state index is 10.8. The zero-order chi connectivity index (χ0) is 12.1. The molecular weight excluding hydrogens is 210 g/mol. The molecule has 0 bridgehead atoms. The number of nitrogens with zero attached hydrogens (tertiary/aromatic N) is 1. The molecule has 1 aliphatic rings. The molecule has 6 heteroatoms. The van der Waals surface area contributed by atoms with Crippen LogP contribution in [0.4, 0.5) is 0 Å². The summed E-state index contributed by atoms with van der Waals surface area (Å²) in [6.07, 6.45) is 0.446. The Balaban J connectivity index is 2.54. The molecule has 4 atom stereocenters. The number of aliphatic carboxylic acids is 1. The van der Waals surface area contributed by atoms with Crippen LogP contribution in [-0.4, -0.2) is 36.0 Å². The van der Waals surface area contributed by atoms with Crippen LogP contribution >= 0.6 is 0 Å². The molecule has 0 spiro atoms. The fourth-order valence-electron chi connectivity index (χ4n) is 1.64. The number of nitrogens with two attached hydrogens (primary N) is 1. The van der Waals surface area contributed by atoms with Crippen molar-refractivity contribution in [3.8, 4) is 6.07 Å². The molecule has 0 aromatic rings. The van der Waals surface area contributed by atoms with Gasteiger partial charge < -0.3 is 15.6 Å². The van der Waals surface area contributed by atoms with Gasteiger partial charge in [0.2, 0.25) is 0 Å². The number of carbonyl (C=O) groups is 1. The van der Waals surface area contributed by atoms with Gasteiger partial charge in [0.1, 0.15) is 12.3 Å². The second-order valence-electron chi connectivity index (χ2n) is 4.10. The third kappa shape index (κ3) is 3.45. The van der Waals surface area contributed by atoms with Crippen LogP contribution in [0.15, 0.2) is 0 Å². The van der Waals surface area contributed by atoms with Crippen LogP contribution in [0.5, 0.6) is 0 Å². The number of ether oxygens (including phenoxy) is 1. The highest BCUT2D eigenvalue weighted by atomic mass is 16.5. The monoisotopic (exact) mass is 227 g/mol. The molecule has 0 aromatic carbocycles. The van der Waals surface area contributed by atoms with Crippen LogP contribution in [0.25, 0.3) is 0 Å². The highest BCUT2D eigenvalue weighted by Gasteiger charge is 2.33. The standard InChI is InChI=1S/C10H17N3O3/c1-6(12)5-16-9-7(4-11)2-3-8(13-9)10(14)15/h6-9,13H,2-3,5,12H2,1H3,(H,14,15). The second-order valence-corrected chi connectivity index (χ2v) is 4.10. The molecule has 0 radical (unpaired) electrons. The molecule has 0 aromatic heterocycles. The van der Waals surface area contributed by atoms with E-state index < -0.39 is 18.2 Å². The summed E-state index contributed by atoms with van der Waals surface area (Å²) >= 11 is 0. The molecule has 6 nitrogen and oxygen atoms in total. The van der Waals surface area contributed by atoms with Gasteiger partial charge in [-0.05, 0) is 19.8 Å². The molecule has 1 aliphatic heterocycles. The predicted molar refractivity (Wildman–Crippen MR) is 56.3 cm³/mol. The lowest BCUT2D eigenvalue weighted by Crippen LogP contribution is -2.52. The molecule has 4 unspecified atom stereocenters. The topological polar surface area (TPSA) is 108 Å². The minimum atomic E-state index is -0.911. The average molecular weight is 227 g/mol. The number of nitrogens with one attached hydrogen (secondary N) is 1.